The molecule has 0 radical (unpaired) electrons. The van der Waals surface area contributed by atoms with Gasteiger partial charge in [0.1, 0.15) is 5.75 Å². The summed E-state index contributed by atoms with van der Waals surface area (Å²) in [6, 6.07) is 18.1. The van der Waals surface area contributed by atoms with E-state index < -0.39 is 5.60 Å². The second-order valence-electron chi connectivity index (χ2n) is 8.66. The van der Waals surface area contributed by atoms with Gasteiger partial charge in [0.05, 0.1) is 19.3 Å². The number of nitrogens with zero attached hydrogens (tertiary/aromatic N) is 1. The Morgan fingerprint density at radius 3 is 2.63 bits per heavy atom. The highest BCUT2D eigenvalue weighted by atomic mass is 16.5. The molecule has 0 spiro atoms. The number of hydrogen-bond donors (Lipinski definition) is 2. The summed E-state index contributed by atoms with van der Waals surface area (Å²) >= 11 is 0. The van der Waals surface area contributed by atoms with Crippen molar-refractivity contribution >= 4 is 5.91 Å². The number of rotatable bonds is 6. The summed E-state index contributed by atoms with van der Waals surface area (Å²) in [5.41, 5.74) is 1.62. The summed E-state index contributed by atoms with van der Waals surface area (Å²) in [4.78, 5) is 15.0. The molecule has 0 aromatic heterocycles. The van der Waals surface area contributed by atoms with Crippen LogP contribution in [0.2, 0.25) is 0 Å². The van der Waals surface area contributed by atoms with Crippen molar-refractivity contribution in [3.63, 3.8) is 0 Å². The third kappa shape index (κ3) is 4.52. The maximum atomic E-state index is 12.8. The lowest BCUT2D eigenvalue weighted by atomic mass is 9.66. The average Bonchev–Trinajstić information content (AvgIpc) is 2.78. The molecule has 4 rings (SSSR count). The van der Waals surface area contributed by atoms with E-state index in [-0.39, 0.29) is 17.9 Å². The van der Waals surface area contributed by atoms with Gasteiger partial charge in [0.2, 0.25) is 5.91 Å². The number of benzene rings is 2. The molecule has 2 aromatic rings. The van der Waals surface area contributed by atoms with Gasteiger partial charge in [0.15, 0.2) is 0 Å². The molecule has 160 valence electrons. The van der Waals surface area contributed by atoms with Crippen LogP contribution in [0.25, 0.3) is 0 Å². The number of piperidine rings is 1. The van der Waals surface area contributed by atoms with Crippen molar-refractivity contribution in [2.75, 3.05) is 20.2 Å². The maximum Gasteiger partial charge on any atom is 0.234 e. The van der Waals surface area contributed by atoms with Crippen LogP contribution in [0.4, 0.5) is 0 Å². The zero-order valence-electron chi connectivity index (χ0n) is 17.7. The van der Waals surface area contributed by atoms with Crippen LogP contribution in [-0.4, -0.2) is 41.7 Å². The molecule has 5 nitrogen and oxygen atoms in total. The fourth-order valence-electron chi connectivity index (χ4n) is 5.20. The Hall–Kier alpha value is -2.37. The van der Waals surface area contributed by atoms with Crippen LogP contribution in [0.5, 0.6) is 5.75 Å². The number of carbonyl (C=O) groups is 1. The van der Waals surface area contributed by atoms with Crippen molar-refractivity contribution in [1.82, 2.24) is 10.2 Å². The quantitative estimate of drug-likeness (QED) is 0.765. The van der Waals surface area contributed by atoms with Gasteiger partial charge in [0.25, 0.3) is 0 Å². The Morgan fingerprint density at radius 2 is 1.90 bits per heavy atom. The molecule has 2 unspecified atom stereocenters. The van der Waals surface area contributed by atoms with Crippen molar-refractivity contribution < 1.29 is 14.6 Å². The highest BCUT2D eigenvalue weighted by Crippen LogP contribution is 2.49. The summed E-state index contributed by atoms with van der Waals surface area (Å²) in [6.45, 7) is 1.60. The van der Waals surface area contributed by atoms with Gasteiger partial charge >= 0.3 is 0 Å². The van der Waals surface area contributed by atoms with Crippen molar-refractivity contribution in [1.29, 1.82) is 0 Å². The van der Waals surface area contributed by atoms with E-state index in [2.05, 4.69) is 22.3 Å². The standard InChI is InChI=1S/C25H32N2O3/c1-30-21-12-10-20(11-13-21)24-22-9-5-6-14-25(22,29)15-16-27(24)18-23(28)26-17-19-7-3-2-4-8-19/h2-4,7-8,10-13,22,24,29H,5-6,9,14-18H2,1H3,(H,26,28)/t22?,24-,25?/m0/s1. The largest absolute Gasteiger partial charge is 0.497 e. The predicted octanol–water partition coefficient (Wildman–Crippen LogP) is 3.68. The number of nitrogens with one attached hydrogen (secondary N) is 1. The topological polar surface area (TPSA) is 61.8 Å². The number of fused-ring (bicyclic) bond motifs is 1. The predicted molar refractivity (Wildman–Crippen MR) is 117 cm³/mol. The number of aliphatic hydroxyl groups is 1. The first-order chi connectivity index (χ1) is 14.6. The monoisotopic (exact) mass is 408 g/mol. The normalized spacial score (nSPS) is 26.6. The minimum Gasteiger partial charge on any atom is -0.497 e. The van der Waals surface area contributed by atoms with Crippen LogP contribution < -0.4 is 10.1 Å². The van der Waals surface area contributed by atoms with E-state index in [1.54, 1.807) is 7.11 Å². The molecule has 30 heavy (non-hydrogen) atoms. The van der Waals surface area contributed by atoms with Crippen molar-refractivity contribution in [2.24, 2.45) is 5.92 Å². The van der Waals surface area contributed by atoms with Crippen LogP contribution >= 0.6 is 0 Å². The van der Waals surface area contributed by atoms with E-state index in [4.69, 9.17) is 4.74 Å². The number of likely N-dealkylation sites (tertiary alicyclic amines) is 1. The van der Waals surface area contributed by atoms with Gasteiger partial charge in [-0.05, 0) is 42.5 Å². The second-order valence-corrected chi connectivity index (χ2v) is 8.66. The molecule has 2 N–H and O–H groups in total. The first-order valence-electron chi connectivity index (χ1n) is 11.0. The minimum absolute atomic E-state index is 0.0265. The molecule has 2 aromatic carbocycles. The van der Waals surface area contributed by atoms with Gasteiger partial charge in [0, 0.05) is 25.0 Å². The molecule has 1 saturated heterocycles. The fourth-order valence-corrected chi connectivity index (χ4v) is 5.20. The van der Waals surface area contributed by atoms with Gasteiger partial charge in [-0.2, -0.15) is 0 Å². The summed E-state index contributed by atoms with van der Waals surface area (Å²) in [5, 5.41) is 14.4. The Morgan fingerprint density at radius 1 is 1.13 bits per heavy atom. The maximum absolute atomic E-state index is 12.8. The average molecular weight is 409 g/mol. The first kappa shape index (κ1) is 20.9. The first-order valence-corrected chi connectivity index (χ1v) is 11.0. The molecule has 0 bridgehead atoms. The lowest BCUT2D eigenvalue weighted by Gasteiger charge is -2.52. The summed E-state index contributed by atoms with van der Waals surface area (Å²) in [5.74, 6) is 0.995. The summed E-state index contributed by atoms with van der Waals surface area (Å²) in [6.07, 6.45) is 4.80. The van der Waals surface area contributed by atoms with Crippen LogP contribution in [-0.2, 0) is 11.3 Å². The Kier molecular flexibility index (Phi) is 6.40. The lowest BCUT2D eigenvalue weighted by molar-refractivity contribution is -0.138. The van der Waals surface area contributed by atoms with Gasteiger partial charge in [-0.3, -0.25) is 9.69 Å². The number of methoxy groups -OCH3 is 1. The van der Waals surface area contributed by atoms with Crippen molar-refractivity contribution in [3.8, 4) is 5.75 Å². The molecule has 2 fully saturated rings. The number of ether oxygens (including phenoxy) is 1. The van der Waals surface area contributed by atoms with Crippen LogP contribution in [0.1, 0.15) is 49.3 Å². The Bertz CT molecular complexity index is 839. The molecule has 2 aliphatic rings. The van der Waals surface area contributed by atoms with Gasteiger partial charge in [-0.25, -0.2) is 0 Å². The van der Waals surface area contributed by atoms with Gasteiger partial charge < -0.3 is 15.2 Å². The number of amides is 1. The van der Waals surface area contributed by atoms with E-state index in [0.29, 0.717) is 13.1 Å². The molecular formula is C25H32N2O3. The summed E-state index contributed by atoms with van der Waals surface area (Å²) < 4.78 is 5.32. The van der Waals surface area contributed by atoms with Crippen molar-refractivity contribution in [2.45, 2.75) is 50.3 Å². The second kappa shape index (κ2) is 9.19. The molecule has 1 saturated carbocycles. The number of hydrogen-bond acceptors (Lipinski definition) is 4. The Labute approximate surface area is 179 Å². The third-order valence-electron chi connectivity index (χ3n) is 6.81. The third-order valence-corrected chi connectivity index (χ3v) is 6.81. The molecule has 1 heterocycles. The van der Waals surface area contributed by atoms with Gasteiger partial charge in [-0.1, -0.05) is 55.3 Å². The van der Waals surface area contributed by atoms with E-state index in [1.807, 2.05) is 42.5 Å². The highest BCUT2D eigenvalue weighted by molar-refractivity contribution is 5.78. The molecule has 3 atom stereocenters. The summed E-state index contributed by atoms with van der Waals surface area (Å²) in [7, 11) is 1.67. The van der Waals surface area contributed by atoms with Crippen LogP contribution in [0.3, 0.4) is 0 Å². The van der Waals surface area contributed by atoms with Gasteiger partial charge in [-0.15, -0.1) is 0 Å². The van der Waals surface area contributed by atoms with E-state index in [0.717, 1.165) is 55.5 Å². The molecule has 1 aliphatic heterocycles. The molecule has 5 heteroatoms. The molecule has 1 aliphatic carbocycles. The van der Waals surface area contributed by atoms with E-state index in [1.165, 1.54) is 0 Å². The smallest absolute Gasteiger partial charge is 0.234 e. The Balaban J connectivity index is 1.51. The highest BCUT2D eigenvalue weighted by Gasteiger charge is 2.49. The van der Waals surface area contributed by atoms with Crippen LogP contribution in [0.15, 0.2) is 54.6 Å². The zero-order chi connectivity index (χ0) is 21.0. The SMILES string of the molecule is COc1ccc([C@H]2C3CCCCC3(O)CCN2CC(=O)NCc2ccccc2)cc1. The van der Waals surface area contributed by atoms with Crippen LogP contribution in [0, 0.1) is 5.92 Å². The van der Waals surface area contributed by atoms with Crippen molar-refractivity contribution in [3.05, 3.63) is 65.7 Å². The zero-order valence-corrected chi connectivity index (χ0v) is 17.7. The number of carbonyl (C=O) groups excluding carboxylic acids is 1. The minimum atomic E-state index is -0.625. The van der Waals surface area contributed by atoms with E-state index in [9.17, 15) is 9.90 Å². The fraction of sp³-hybridized carbons (Fsp3) is 0.480. The molecule has 1 amide bonds. The molecular weight excluding hydrogens is 376 g/mol. The lowest BCUT2D eigenvalue weighted by Crippen LogP contribution is -2.56. The van der Waals surface area contributed by atoms with E-state index >= 15 is 0 Å².